The van der Waals surface area contributed by atoms with E-state index in [1.165, 1.54) is 64.1 Å². The van der Waals surface area contributed by atoms with Crippen LogP contribution < -0.4 is 11.1 Å². The van der Waals surface area contributed by atoms with Gasteiger partial charge >= 0.3 is 12.4 Å². The van der Waals surface area contributed by atoms with Crippen LogP contribution in [0.15, 0.2) is 159 Å². The number of alkyl halides is 6. The first kappa shape index (κ1) is 39.6. The standard InChI is InChI=1S/C38H42F4N4O2S.C37H40F4N4O2S/c1-5-44(6-2)17-18-45(22-27-7-11-29(12-8-27)30-13-16-33(26(4)21-30)38(40,41)42)35(47)23-46-34-20-25(3)19-32(34)36(48)43-37(46)49-24-28-9-14-31(39)15-10-28;1-4-43(5-2)21-22-44(25(3)27-11-13-28(14-12-27)29-15-17-30(18-16-29)37(39,40)41)34(46)23-45-33-8-6-7-32(33)35(47)42-36(45)48-24-26-9-19-31(38)20-10-26/h7-16,21,25H,5-6,17-20,22-24H2,1-4H3;9-20,25H,4-8,21-24H2,1-3H3/i7D,8D,11D,12D,13D,16D,17D2,18D2,19D2,20D2,21D,22D2,23D2,24D2,25D;9D,10D,19D,20D,21D2,22D2,23D2,24D2,25D. The molecule has 0 saturated carbocycles. The number of fused-ring (bicyclic) bond motifs is 2. The van der Waals surface area contributed by atoms with Crippen molar-refractivity contribution < 1.29 is 92.7 Å². The van der Waals surface area contributed by atoms with Crippen molar-refractivity contribution in [3.8, 4) is 22.3 Å². The summed E-state index contributed by atoms with van der Waals surface area (Å²) in [6, 6.07) is -5.06. The lowest BCUT2D eigenvalue weighted by atomic mass is 9.98. The predicted molar refractivity (Wildman–Crippen MR) is 367 cm³/mol. The first-order valence-corrected chi connectivity index (χ1v) is 31.1. The van der Waals surface area contributed by atoms with Crippen LogP contribution >= 0.6 is 23.5 Å². The molecule has 12 nitrogen and oxygen atoms in total. The summed E-state index contributed by atoms with van der Waals surface area (Å²) in [6.07, 6.45) is -16.8. The second-order valence-corrected chi connectivity index (χ2v) is 22.2. The number of halogens is 8. The summed E-state index contributed by atoms with van der Waals surface area (Å²) in [7, 11) is 0. The largest absolute Gasteiger partial charge is 0.416 e. The maximum absolute atomic E-state index is 15.5. The van der Waals surface area contributed by atoms with Gasteiger partial charge in [0.2, 0.25) is 11.8 Å². The van der Waals surface area contributed by atoms with E-state index < -0.39 is 279 Å². The van der Waals surface area contributed by atoms with E-state index in [2.05, 4.69) is 9.97 Å². The third-order valence-electron chi connectivity index (χ3n) is 14.3. The molecule has 10 rings (SSSR count). The maximum atomic E-state index is 15.5. The molecule has 8 aromatic rings. The number of likely N-dealkylation sites (N-methyl/N-ethyl adjacent to an activating group) is 2. The number of hydrogen-bond donors (Lipinski definition) is 0. The van der Waals surface area contributed by atoms with E-state index in [9.17, 15) is 59.8 Å². The van der Waals surface area contributed by atoms with Crippen LogP contribution in [-0.4, -0.2) is 103 Å². The van der Waals surface area contributed by atoms with E-state index in [-0.39, 0.29) is 82.2 Å². The monoisotopic (exact) mass is 1410 g/mol. The van der Waals surface area contributed by atoms with E-state index in [1.54, 1.807) is 0 Å². The van der Waals surface area contributed by atoms with Crippen LogP contribution in [0, 0.1) is 24.5 Å². The van der Waals surface area contributed by atoms with Gasteiger partial charge < -0.3 is 28.7 Å². The van der Waals surface area contributed by atoms with Crippen LogP contribution in [0.4, 0.5) is 35.1 Å². The molecule has 514 valence electrons. The highest BCUT2D eigenvalue weighted by Crippen LogP contribution is 2.36. The second kappa shape index (κ2) is 33.1. The molecule has 0 fully saturated rings. The fourth-order valence-corrected chi connectivity index (χ4v) is 10.6. The predicted octanol–water partition coefficient (Wildman–Crippen LogP) is 15.6. The molecule has 2 heterocycles. The first-order valence-electron chi connectivity index (χ1n) is 46.9. The van der Waals surface area contributed by atoms with Crippen LogP contribution in [0.25, 0.3) is 22.3 Å². The summed E-state index contributed by atoms with van der Waals surface area (Å²) >= 11 is -0.368. The summed E-state index contributed by atoms with van der Waals surface area (Å²) in [4.78, 5) is 66.1. The molecule has 0 spiro atoms. The Labute approximate surface area is 619 Å². The molecule has 6 aromatic carbocycles. The van der Waals surface area contributed by atoms with Crippen molar-refractivity contribution in [2.75, 3.05) is 52.2 Å². The van der Waals surface area contributed by atoms with Crippen molar-refractivity contribution >= 4 is 35.3 Å². The van der Waals surface area contributed by atoms with E-state index in [1.807, 2.05) is 0 Å². The zero-order chi connectivity index (χ0) is 101. The van der Waals surface area contributed by atoms with E-state index in [0.717, 1.165) is 55.1 Å². The fourth-order valence-electron chi connectivity index (χ4n) is 9.19. The number of carbonyl (C=O) groups excluding carboxylic acids is 2. The lowest BCUT2D eigenvalue weighted by Gasteiger charge is -2.33. The molecule has 2 unspecified atom stereocenters. The average Bonchev–Trinajstić information content (AvgIpc) is 1.50. The molecule has 2 aliphatic rings. The molecule has 0 saturated heterocycles. The van der Waals surface area contributed by atoms with Crippen molar-refractivity contribution in [2.24, 2.45) is 5.89 Å². The normalized spacial score (nSPS) is 22.6. The van der Waals surface area contributed by atoms with Gasteiger partial charge in [0, 0.05) is 84.2 Å². The van der Waals surface area contributed by atoms with Gasteiger partial charge in [0.15, 0.2) is 10.3 Å². The molecule has 97 heavy (non-hydrogen) atoms. The Hall–Kier alpha value is -7.92. The zero-order valence-corrected chi connectivity index (χ0v) is 54.1. The lowest BCUT2D eigenvalue weighted by Crippen LogP contribution is -2.42. The minimum Gasteiger partial charge on any atom is -0.336 e. The fraction of sp³-hybridized carbons (Fsp3) is 0.387. The van der Waals surface area contributed by atoms with Crippen molar-refractivity contribution in [2.45, 2.75) is 140 Å². The quantitative estimate of drug-likeness (QED) is 0.0295. The second-order valence-electron chi connectivity index (χ2n) is 20.7. The highest BCUT2D eigenvalue weighted by Gasteiger charge is 2.34. The minimum absolute atomic E-state index is 0.0376. The maximum Gasteiger partial charge on any atom is 0.416 e. The molecule has 2 atom stereocenters. The van der Waals surface area contributed by atoms with Crippen LogP contribution in [0.2, 0.25) is 0 Å². The molecule has 2 aromatic heterocycles. The summed E-state index contributed by atoms with van der Waals surface area (Å²) in [6.45, 7) is -20.4. The van der Waals surface area contributed by atoms with Crippen LogP contribution in [0.5, 0.6) is 0 Å². The SMILES string of the molecule is [2H]c1c([2H])c(C([2H])([2H])N(C(=O)C([2H])([2H])n2c(SC([2H])([2H])c3ccc(F)cc3)nc(=O)c3c2C([2H])([2H])C([2H])(C)C3([2H])[2H])C([2H])([2H])C([2H])([2H])N(CC)CC)c([2H])c([2H])c1-c1c([2H])c([2H])c(C(F)(F)F)c(C)c1[2H].[2H]c1c([2H])c(C([2H])([2H])Sc2nc(=O)c3c(n2C([2H])([2H])C(=O)N(C([2H])(C)c2ccc(-c4ccc(C(F)(F)F)cc4)cc2)C([2H])([2H])C([2H])([2H])N(CC)CC)CCC3)c([2H])c([2H])c1F. The highest BCUT2D eigenvalue weighted by atomic mass is 32.2. The zero-order valence-electron chi connectivity index (χ0n) is 87.4. The smallest absolute Gasteiger partial charge is 0.336 e. The third kappa shape index (κ3) is 19.1. The molecule has 2 amide bonds. The Kier molecular flexibility index (Phi) is 13.5. The topological polar surface area (TPSA) is 117 Å². The van der Waals surface area contributed by atoms with Gasteiger partial charge in [0.05, 0.1) is 47.3 Å². The number of thioether (sulfide) groups is 2. The summed E-state index contributed by atoms with van der Waals surface area (Å²) in [5, 5.41) is -2.24. The molecular formula is C75H82F8N8O4S2. The van der Waals surface area contributed by atoms with Gasteiger partial charge in [-0.2, -0.15) is 36.3 Å². The van der Waals surface area contributed by atoms with Crippen molar-refractivity contribution in [3.05, 3.63) is 233 Å². The van der Waals surface area contributed by atoms with Gasteiger partial charge in [0.1, 0.15) is 24.6 Å². The Bertz CT molecular complexity index is 5920. The number of hydrogen-bond acceptors (Lipinski definition) is 10. The molecule has 0 N–H and O–H groups in total. The number of nitrogens with zero attached hydrogens (tertiary/aromatic N) is 8. The Morgan fingerprint density at radius 2 is 1.16 bits per heavy atom. The third-order valence-corrected chi connectivity index (χ3v) is 15.8. The van der Waals surface area contributed by atoms with Crippen LogP contribution in [0.3, 0.4) is 0 Å². The number of benzene rings is 6. The Balaban J connectivity index is 0.000000300. The summed E-state index contributed by atoms with van der Waals surface area (Å²) < 4.78 is 422. The number of rotatable bonds is 26. The summed E-state index contributed by atoms with van der Waals surface area (Å²) in [5.74, 6) is -10.1. The van der Waals surface area contributed by atoms with Crippen LogP contribution in [0.1, 0.15) is 163 Å². The van der Waals surface area contributed by atoms with Crippen molar-refractivity contribution in [3.63, 3.8) is 0 Å². The molecule has 0 bridgehead atoms. The molecule has 0 radical (unpaired) electrons. The van der Waals surface area contributed by atoms with E-state index >= 15 is 9.59 Å². The number of amides is 2. The summed E-state index contributed by atoms with van der Waals surface area (Å²) in [5.41, 5.74) is -20.5. The first-order chi connectivity index (χ1) is 59.9. The lowest BCUT2D eigenvalue weighted by molar-refractivity contribution is -0.138. The van der Waals surface area contributed by atoms with Gasteiger partial charge in [-0.1, -0.05) is 155 Å². The van der Waals surface area contributed by atoms with Crippen molar-refractivity contribution in [1.29, 1.82) is 0 Å². The highest BCUT2D eigenvalue weighted by molar-refractivity contribution is 7.98. The molecule has 22 heteroatoms. The van der Waals surface area contributed by atoms with E-state index in [0.29, 0.717) is 27.5 Å². The number of carbonyl (C=O) groups is 2. The molecular weight excluding hydrogens is 1290 g/mol. The van der Waals surface area contributed by atoms with Crippen molar-refractivity contribution in [1.82, 2.24) is 38.7 Å². The average molecular weight is 1410 g/mol. The van der Waals surface area contributed by atoms with Gasteiger partial charge in [-0.25, -0.2) is 8.78 Å². The number of aromatic nitrogens is 4. The molecule has 2 aliphatic carbocycles. The van der Waals surface area contributed by atoms with E-state index in [4.69, 9.17) is 32.9 Å². The van der Waals surface area contributed by atoms with Crippen LogP contribution in [-0.2, 0) is 78.4 Å². The molecule has 0 aliphatic heterocycles. The van der Waals surface area contributed by atoms with Gasteiger partial charge in [0.25, 0.3) is 11.1 Å². The van der Waals surface area contributed by atoms with Gasteiger partial charge in [-0.15, -0.1) is 0 Å². The minimum atomic E-state index is -5.30. The van der Waals surface area contributed by atoms with Gasteiger partial charge in [-0.05, 0) is 170 Å². The Morgan fingerprint density at radius 3 is 1.75 bits per heavy atom. The van der Waals surface area contributed by atoms with Gasteiger partial charge in [-0.3, -0.25) is 19.2 Å². The Morgan fingerprint density at radius 1 is 0.629 bits per heavy atom.